The van der Waals surface area contributed by atoms with Gasteiger partial charge in [-0.1, -0.05) is 0 Å². The fourth-order valence-corrected chi connectivity index (χ4v) is 1.24. The van der Waals surface area contributed by atoms with E-state index in [1.54, 1.807) is 0 Å². The molecule has 1 heterocycles. The van der Waals surface area contributed by atoms with Gasteiger partial charge in [0.15, 0.2) is 0 Å². The third-order valence-corrected chi connectivity index (χ3v) is 1.83. The number of halogens is 1. The van der Waals surface area contributed by atoms with Crippen molar-refractivity contribution in [1.82, 2.24) is 5.32 Å². The third kappa shape index (κ3) is 2.15. The largest absolute Gasteiger partial charge is 0.469 e. The molecule has 2 unspecified atom stereocenters. The van der Waals surface area contributed by atoms with Crippen LogP contribution in [0.25, 0.3) is 0 Å². The molecule has 0 amide bonds. The molecule has 0 aromatic carbocycles. The number of nitrogens with one attached hydrogen (secondary N) is 1. The topological polar surface area (TPSA) is 38.3 Å². The Morgan fingerprint density at radius 2 is 2.36 bits per heavy atom. The molecule has 1 rings (SSSR count). The number of hydrogen-bond acceptors (Lipinski definition) is 3. The molecule has 3 nitrogen and oxygen atoms in total. The summed E-state index contributed by atoms with van der Waals surface area (Å²) in [6, 6.07) is 0. The number of piperidine rings is 1. The fraction of sp³-hybridized carbons (Fsp3) is 0.857. The zero-order valence-corrected chi connectivity index (χ0v) is 6.47. The lowest BCUT2D eigenvalue weighted by atomic mass is 9.99. The first-order valence-electron chi connectivity index (χ1n) is 3.66. The average molecular weight is 161 g/mol. The van der Waals surface area contributed by atoms with Gasteiger partial charge >= 0.3 is 5.97 Å². The van der Waals surface area contributed by atoms with E-state index in [0.29, 0.717) is 19.5 Å². The SMILES string of the molecule is COC(=O)C1CNCC(F)C1. The molecule has 1 aliphatic heterocycles. The lowest BCUT2D eigenvalue weighted by Gasteiger charge is -2.23. The summed E-state index contributed by atoms with van der Waals surface area (Å²) in [5.74, 6) is -0.622. The smallest absolute Gasteiger partial charge is 0.310 e. The molecule has 1 fully saturated rings. The Balaban J connectivity index is 2.39. The zero-order chi connectivity index (χ0) is 8.27. The van der Waals surface area contributed by atoms with E-state index < -0.39 is 6.17 Å². The van der Waals surface area contributed by atoms with Crippen LogP contribution in [0.2, 0.25) is 0 Å². The summed E-state index contributed by atoms with van der Waals surface area (Å²) in [5, 5.41) is 2.82. The Kier molecular flexibility index (Phi) is 2.82. The van der Waals surface area contributed by atoms with Gasteiger partial charge in [0.05, 0.1) is 13.0 Å². The van der Waals surface area contributed by atoms with E-state index in [0.717, 1.165) is 0 Å². The van der Waals surface area contributed by atoms with Crippen LogP contribution in [0.4, 0.5) is 4.39 Å². The first-order valence-corrected chi connectivity index (χ1v) is 3.66. The average Bonchev–Trinajstić information content (AvgIpc) is 2.03. The van der Waals surface area contributed by atoms with E-state index in [1.807, 2.05) is 0 Å². The van der Waals surface area contributed by atoms with Gasteiger partial charge in [-0.15, -0.1) is 0 Å². The minimum atomic E-state index is -0.909. The monoisotopic (exact) mass is 161 g/mol. The summed E-state index contributed by atoms with van der Waals surface area (Å²) in [6.07, 6.45) is -0.618. The van der Waals surface area contributed by atoms with Crippen LogP contribution in [0, 0.1) is 5.92 Å². The van der Waals surface area contributed by atoms with Crippen molar-refractivity contribution in [3.05, 3.63) is 0 Å². The number of methoxy groups -OCH3 is 1. The van der Waals surface area contributed by atoms with Crippen LogP contribution in [0.5, 0.6) is 0 Å². The molecule has 1 aliphatic rings. The van der Waals surface area contributed by atoms with Crippen LogP contribution >= 0.6 is 0 Å². The maximum atomic E-state index is 12.7. The van der Waals surface area contributed by atoms with Gasteiger partial charge in [0.2, 0.25) is 0 Å². The van der Waals surface area contributed by atoms with Gasteiger partial charge in [-0.25, -0.2) is 4.39 Å². The minimum Gasteiger partial charge on any atom is -0.469 e. The number of hydrogen-bond donors (Lipinski definition) is 1. The highest BCUT2D eigenvalue weighted by Crippen LogP contribution is 2.14. The zero-order valence-electron chi connectivity index (χ0n) is 6.47. The predicted octanol–water partition coefficient (Wildman–Crippen LogP) is 0.107. The number of carbonyl (C=O) groups is 1. The summed E-state index contributed by atoms with van der Waals surface area (Å²) < 4.78 is 17.2. The van der Waals surface area contributed by atoms with E-state index in [1.165, 1.54) is 7.11 Å². The molecule has 11 heavy (non-hydrogen) atoms. The lowest BCUT2D eigenvalue weighted by molar-refractivity contribution is -0.146. The molecule has 1 N–H and O–H groups in total. The second-order valence-corrected chi connectivity index (χ2v) is 2.71. The number of carbonyl (C=O) groups excluding carboxylic acids is 1. The second kappa shape index (κ2) is 3.67. The molecular formula is C7H12FNO2. The fourth-order valence-electron chi connectivity index (χ4n) is 1.24. The minimum absolute atomic E-state index is 0.291. The molecule has 0 aliphatic carbocycles. The third-order valence-electron chi connectivity index (χ3n) is 1.83. The van der Waals surface area contributed by atoms with Gasteiger partial charge in [0.1, 0.15) is 6.17 Å². The summed E-state index contributed by atoms with van der Waals surface area (Å²) in [6.45, 7) is 0.889. The van der Waals surface area contributed by atoms with Crippen molar-refractivity contribution in [2.45, 2.75) is 12.6 Å². The Hall–Kier alpha value is -0.640. The summed E-state index contributed by atoms with van der Waals surface area (Å²) >= 11 is 0. The Morgan fingerprint density at radius 1 is 1.64 bits per heavy atom. The first-order chi connectivity index (χ1) is 5.24. The standard InChI is InChI=1S/C7H12FNO2/c1-11-7(10)5-2-6(8)4-9-3-5/h5-6,9H,2-4H2,1H3. The molecule has 0 aromatic rings. The predicted molar refractivity (Wildman–Crippen MR) is 37.9 cm³/mol. The van der Waals surface area contributed by atoms with Gasteiger partial charge in [-0.3, -0.25) is 4.79 Å². The van der Waals surface area contributed by atoms with Crippen molar-refractivity contribution >= 4 is 5.97 Å². The van der Waals surface area contributed by atoms with Crippen molar-refractivity contribution in [2.75, 3.05) is 20.2 Å². The van der Waals surface area contributed by atoms with Gasteiger partial charge in [-0.2, -0.15) is 0 Å². The maximum absolute atomic E-state index is 12.7. The Bertz CT molecular complexity index is 151. The number of ether oxygens (including phenoxy) is 1. The molecule has 4 heteroatoms. The summed E-state index contributed by atoms with van der Waals surface area (Å²) in [7, 11) is 1.32. The van der Waals surface area contributed by atoms with Gasteiger partial charge in [0, 0.05) is 13.1 Å². The molecule has 0 aromatic heterocycles. The van der Waals surface area contributed by atoms with E-state index in [9.17, 15) is 9.18 Å². The van der Waals surface area contributed by atoms with Crippen LogP contribution < -0.4 is 5.32 Å². The summed E-state index contributed by atoms with van der Waals surface area (Å²) in [5.41, 5.74) is 0. The quantitative estimate of drug-likeness (QED) is 0.554. The first kappa shape index (κ1) is 8.46. The van der Waals surface area contributed by atoms with Crippen LogP contribution in [-0.2, 0) is 9.53 Å². The molecule has 0 radical (unpaired) electrons. The number of esters is 1. The number of rotatable bonds is 1. The molecule has 0 bridgehead atoms. The molecule has 0 saturated carbocycles. The van der Waals surface area contributed by atoms with Crippen LogP contribution in [0.1, 0.15) is 6.42 Å². The van der Waals surface area contributed by atoms with E-state index in [2.05, 4.69) is 10.1 Å². The van der Waals surface area contributed by atoms with E-state index >= 15 is 0 Å². The van der Waals surface area contributed by atoms with Gasteiger partial charge in [0.25, 0.3) is 0 Å². The highest BCUT2D eigenvalue weighted by molar-refractivity contribution is 5.72. The maximum Gasteiger partial charge on any atom is 0.310 e. The van der Waals surface area contributed by atoms with E-state index in [4.69, 9.17) is 0 Å². The van der Waals surface area contributed by atoms with Crippen molar-refractivity contribution in [3.8, 4) is 0 Å². The van der Waals surface area contributed by atoms with Crippen molar-refractivity contribution in [2.24, 2.45) is 5.92 Å². The lowest BCUT2D eigenvalue weighted by Crippen LogP contribution is -2.41. The van der Waals surface area contributed by atoms with Crippen LogP contribution in [0.15, 0.2) is 0 Å². The molecule has 0 spiro atoms. The highest BCUT2D eigenvalue weighted by atomic mass is 19.1. The molecule has 2 atom stereocenters. The van der Waals surface area contributed by atoms with E-state index in [-0.39, 0.29) is 11.9 Å². The van der Waals surface area contributed by atoms with Crippen molar-refractivity contribution in [1.29, 1.82) is 0 Å². The van der Waals surface area contributed by atoms with Crippen LogP contribution in [0.3, 0.4) is 0 Å². The highest BCUT2D eigenvalue weighted by Gasteiger charge is 2.27. The second-order valence-electron chi connectivity index (χ2n) is 2.71. The van der Waals surface area contributed by atoms with Crippen molar-refractivity contribution < 1.29 is 13.9 Å². The molecule has 1 saturated heterocycles. The van der Waals surface area contributed by atoms with Gasteiger partial charge < -0.3 is 10.1 Å². The van der Waals surface area contributed by atoms with Crippen molar-refractivity contribution in [3.63, 3.8) is 0 Å². The Labute approximate surface area is 64.9 Å². The Morgan fingerprint density at radius 3 is 2.91 bits per heavy atom. The molecule has 64 valence electrons. The number of alkyl halides is 1. The van der Waals surface area contributed by atoms with Crippen LogP contribution in [-0.4, -0.2) is 32.3 Å². The summed E-state index contributed by atoms with van der Waals surface area (Å²) in [4.78, 5) is 10.9. The van der Waals surface area contributed by atoms with Gasteiger partial charge in [-0.05, 0) is 6.42 Å². The molecular weight excluding hydrogens is 149 g/mol. The normalized spacial score (nSPS) is 31.5.